The van der Waals surface area contributed by atoms with Crippen LogP contribution >= 0.6 is 0 Å². The summed E-state index contributed by atoms with van der Waals surface area (Å²) in [5, 5.41) is 3.34. The lowest BCUT2D eigenvalue weighted by Gasteiger charge is -2.35. The molecule has 3 heterocycles. The molecule has 2 aromatic rings. The SMILES string of the molecule is CC1CNCCN1c1cccc(C(=O)c2cccnc2N)n1. The zero-order chi connectivity index (χ0) is 15.5. The van der Waals surface area contributed by atoms with Crippen LogP contribution in [0.5, 0.6) is 0 Å². The number of piperazine rings is 1. The highest BCUT2D eigenvalue weighted by Crippen LogP contribution is 2.19. The number of nitrogens with one attached hydrogen (secondary N) is 1. The van der Waals surface area contributed by atoms with E-state index in [1.54, 1.807) is 24.4 Å². The molecule has 0 spiro atoms. The topological polar surface area (TPSA) is 84.1 Å². The number of pyridine rings is 2. The van der Waals surface area contributed by atoms with Crippen LogP contribution in [0.4, 0.5) is 11.6 Å². The zero-order valence-corrected chi connectivity index (χ0v) is 12.5. The summed E-state index contributed by atoms with van der Waals surface area (Å²) in [5.41, 5.74) is 6.56. The van der Waals surface area contributed by atoms with Gasteiger partial charge in [-0.15, -0.1) is 0 Å². The molecule has 1 unspecified atom stereocenters. The Bertz CT molecular complexity index is 688. The Morgan fingerprint density at radius 3 is 3.00 bits per heavy atom. The van der Waals surface area contributed by atoms with E-state index in [9.17, 15) is 4.79 Å². The van der Waals surface area contributed by atoms with Crippen molar-refractivity contribution in [2.24, 2.45) is 0 Å². The van der Waals surface area contributed by atoms with E-state index in [0.717, 1.165) is 25.5 Å². The maximum Gasteiger partial charge on any atom is 0.215 e. The molecule has 6 heteroatoms. The zero-order valence-electron chi connectivity index (χ0n) is 12.5. The third-order valence-corrected chi connectivity index (χ3v) is 3.85. The lowest BCUT2D eigenvalue weighted by atomic mass is 10.1. The Hall–Kier alpha value is -2.47. The van der Waals surface area contributed by atoms with E-state index >= 15 is 0 Å². The molecule has 1 saturated heterocycles. The van der Waals surface area contributed by atoms with Gasteiger partial charge in [0.1, 0.15) is 17.3 Å². The number of nitrogens with zero attached hydrogens (tertiary/aromatic N) is 3. The lowest BCUT2D eigenvalue weighted by molar-refractivity contribution is 0.103. The van der Waals surface area contributed by atoms with Gasteiger partial charge in [0.2, 0.25) is 5.78 Å². The lowest BCUT2D eigenvalue weighted by Crippen LogP contribution is -2.50. The van der Waals surface area contributed by atoms with Gasteiger partial charge in [0.25, 0.3) is 0 Å². The van der Waals surface area contributed by atoms with E-state index in [0.29, 0.717) is 17.3 Å². The van der Waals surface area contributed by atoms with Crippen molar-refractivity contribution < 1.29 is 4.79 Å². The van der Waals surface area contributed by atoms with Gasteiger partial charge >= 0.3 is 0 Å². The van der Waals surface area contributed by atoms with Crippen LogP contribution in [0.1, 0.15) is 23.0 Å². The fourth-order valence-corrected chi connectivity index (χ4v) is 2.64. The highest BCUT2D eigenvalue weighted by molar-refractivity contribution is 6.10. The van der Waals surface area contributed by atoms with Gasteiger partial charge in [0.15, 0.2) is 0 Å². The summed E-state index contributed by atoms with van der Waals surface area (Å²) in [6.45, 7) is 4.84. The molecule has 22 heavy (non-hydrogen) atoms. The Labute approximate surface area is 129 Å². The van der Waals surface area contributed by atoms with Crippen molar-refractivity contribution >= 4 is 17.4 Å². The van der Waals surface area contributed by atoms with Crippen LogP contribution in [-0.4, -0.2) is 41.4 Å². The first-order valence-corrected chi connectivity index (χ1v) is 7.36. The van der Waals surface area contributed by atoms with Gasteiger partial charge in [-0.25, -0.2) is 9.97 Å². The van der Waals surface area contributed by atoms with Gasteiger partial charge in [-0.1, -0.05) is 6.07 Å². The maximum absolute atomic E-state index is 12.6. The van der Waals surface area contributed by atoms with Crippen molar-refractivity contribution in [1.29, 1.82) is 0 Å². The van der Waals surface area contributed by atoms with Crippen LogP contribution < -0.4 is 16.0 Å². The largest absolute Gasteiger partial charge is 0.383 e. The Morgan fingerprint density at radius 1 is 1.36 bits per heavy atom. The highest BCUT2D eigenvalue weighted by Gasteiger charge is 2.21. The first-order chi connectivity index (χ1) is 10.7. The van der Waals surface area contributed by atoms with E-state index in [-0.39, 0.29) is 11.6 Å². The number of nitrogen functional groups attached to an aromatic ring is 1. The van der Waals surface area contributed by atoms with Crippen LogP contribution in [-0.2, 0) is 0 Å². The molecule has 0 amide bonds. The normalized spacial score (nSPS) is 18.2. The van der Waals surface area contributed by atoms with Crippen molar-refractivity contribution in [3.8, 4) is 0 Å². The number of aromatic nitrogens is 2. The number of nitrogens with two attached hydrogens (primary N) is 1. The minimum atomic E-state index is -0.199. The van der Waals surface area contributed by atoms with Gasteiger partial charge in [-0.2, -0.15) is 0 Å². The fraction of sp³-hybridized carbons (Fsp3) is 0.312. The summed E-state index contributed by atoms with van der Waals surface area (Å²) in [4.78, 5) is 23.3. The quantitative estimate of drug-likeness (QED) is 0.825. The average molecular weight is 297 g/mol. The number of carbonyl (C=O) groups excluding carboxylic acids is 1. The summed E-state index contributed by atoms with van der Waals surface area (Å²) in [7, 11) is 0. The molecule has 0 bridgehead atoms. The minimum Gasteiger partial charge on any atom is -0.383 e. The van der Waals surface area contributed by atoms with Crippen LogP contribution in [0.25, 0.3) is 0 Å². The monoisotopic (exact) mass is 297 g/mol. The summed E-state index contributed by atoms with van der Waals surface area (Å²) >= 11 is 0. The maximum atomic E-state index is 12.6. The predicted octanol–water partition coefficient (Wildman–Crippen LogP) is 1.09. The molecule has 114 valence electrons. The standard InChI is InChI=1S/C16H19N5O/c1-11-10-18-8-9-21(11)14-6-2-5-13(20-14)15(22)12-4-3-7-19-16(12)17/h2-7,11,18H,8-10H2,1H3,(H2,17,19). The first kappa shape index (κ1) is 14.5. The molecule has 6 nitrogen and oxygen atoms in total. The van der Waals surface area contributed by atoms with E-state index in [1.807, 2.05) is 12.1 Å². The van der Waals surface area contributed by atoms with Gasteiger partial charge in [-0.05, 0) is 31.2 Å². The summed E-state index contributed by atoms with van der Waals surface area (Å²) in [5.74, 6) is 0.854. The average Bonchev–Trinajstić information content (AvgIpc) is 2.55. The number of ketones is 1. The van der Waals surface area contributed by atoms with Gasteiger partial charge < -0.3 is 16.0 Å². The Morgan fingerprint density at radius 2 is 2.23 bits per heavy atom. The smallest absolute Gasteiger partial charge is 0.215 e. The molecule has 1 atom stereocenters. The minimum absolute atomic E-state index is 0.199. The molecule has 0 saturated carbocycles. The summed E-state index contributed by atoms with van der Waals surface area (Å²) in [6.07, 6.45) is 1.57. The van der Waals surface area contributed by atoms with Crippen molar-refractivity contribution in [3.05, 3.63) is 47.8 Å². The second-order valence-electron chi connectivity index (χ2n) is 5.39. The molecule has 3 N–H and O–H groups in total. The molecule has 0 radical (unpaired) electrons. The fourth-order valence-electron chi connectivity index (χ4n) is 2.64. The summed E-state index contributed by atoms with van der Waals surface area (Å²) in [6, 6.07) is 9.22. The molecule has 2 aromatic heterocycles. The molecule has 0 aliphatic carbocycles. The third kappa shape index (κ3) is 2.78. The molecule has 1 fully saturated rings. The van der Waals surface area contributed by atoms with E-state index in [1.165, 1.54) is 0 Å². The van der Waals surface area contributed by atoms with Gasteiger partial charge in [-0.3, -0.25) is 4.79 Å². The summed E-state index contributed by atoms with van der Waals surface area (Å²) < 4.78 is 0. The van der Waals surface area contributed by atoms with E-state index < -0.39 is 0 Å². The first-order valence-electron chi connectivity index (χ1n) is 7.36. The van der Waals surface area contributed by atoms with E-state index in [2.05, 4.69) is 27.1 Å². The van der Waals surface area contributed by atoms with Crippen LogP contribution in [0, 0.1) is 0 Å². The predicted molar refractivity (Wildman–Crippen MR) is 86.0 cm³/mol. The molecule has 0 aromatic carbocycles. The van der Waals surface area contributed by atoms with Crippen molar-refractivity contribution in [2.45, 2.75) is 13.0 Å². The van der Waals surface area contributed by atoms with Crippen molar-refractivity contribution in [3.63, 3.8) is 0 Å². The van der Waals surface area contributed by atoms with E-state index in [4.69, 9.17) is 5.73 Å². The number of hydrogen-bond donors (Lipinski definition) is 2. The third-order valence-electron chi connectivity index (χ3n) is 3.85. The molecule has 1 aliphatic rings. The van der Waals surface area contributed by atoms with Crippen molar-refractivity contribution in [1.82, 2.24) is 15.3 Å². The van der Waals surface area contributed by atoms with Gasteiger partial charge in [0.05, 0.1) is 5.56 Å². The second-order valence-corrected chi connectivity index (χ2v) is 5.39. The van der Waals surface area contributed by atoms with Crippen LogP contribution in [0.3, 0.4) is 0 Å². The van der Waals surface area contributed by atoms with Crippen LogP contribution in [0.2, 0.25) is 0 Å². The van der Waals surface area contributed by atoms with Crippen molar-refractivity contribution in [2.75, 3.05) is 30.3 Å². The number of anilines is 2. The molecule has 1 aliphatic heterocycles. The Balaban J connectivity index is 1.91. The van der Waals surface area contributed by atoms with Crippen LogP contribution in [0.15, 0.2) is 36.5 Å². The number of rotatable bonds is 3. The van der Waals surface area contributed by atoms with Gasteiger partial charge in [0, 0.05) is 31.9 Å². The molecular weight excluding hydrogens is 278 g/mol. The number of carbonyl (C=O) groups is 1. The second kappa shape index (κ2) is 6.11. The highest BCUT2D eigenvalue weighted by atomic mass is 16.1. The molecule has 3 rings (SSSR count). The Kier molecular flexibility index (Phi) is 4.02. The molecular formula is C16H19N5O. The number of hydrogen-bond acceptors (Lipinski definition) is 6.